The van der Waals surface area contributed by atoms with E-state index in [1.807, 2.05) is 25.1 Å². The molecule has 3 heterocycles. The summed E-state index contributed by atoms with van der Waals surface area (Å²) < 4.78 is 1.69. The molecule has 128 valence electrons. The highest BCUT2D eigenvalue weighted by atomic mass is 16.2. The number of hydrogen-bond donors (Lipinski definition) is 1. The molecule has 0 spiro atoms. The molecule has 4 rings (SSSR count). The van der Waals surface area contributed by atoms with E-state index in [9.17, 15) is 4.79 Å². The van der Waals surface area contributed by atoms with Crippen molar-refractivity contribution >= 4 is 22.6 Å². The van der Waals surface area contributed by atoms with E-state index in [0.717, 1.165) is 11.1 Å². The van der Waals surface area contributed by atoms with Gasteiger partial charge in [0.1, 0.15) is 0 Å². The molecule has 0 fully saturated rings. The van der Waals surface area contributed by atoms with Gasteiger partial charge in [0.15, 0.2) is 5.69 Å². The van der Waals surface area contributed by atoms with E-state index >= 15 is 0 Å². The van der Waals surface area contributed by atoms with Crippen LogP contribution in [0.5, 0.6) is 0 Å². The molecule has 0 saturated heterocycles. The highest BCUT2D eigenvalue weighted by Crippen LogP contribution is 2.16. The predicted molar refractivity (Wildman–Crippen MR) is 95.6 cm³/mol. The Morgan fingerprint density at radius 3 is 2.62 bits per heavy atom. The van der Waals surface area contributed by atoms with Crippen LogP contribution in [-0.4, -0.2) is 35.9 Å². The Balaban J connectivity index is 1.54. The maximum Gasteiger partial charge on any atom is 0.278 e. The summed E-state index contributed by atoms with van der Waals surface area (Å²) >= 11 is 0. The normalized spacial score (nSPS) is 10.8. The molecular formula is C18H15N7O. The van der Waals surface area contributed by atoms with Crippen LogP contribution in [0, 0.1) is 6.92 Å². The number of pyridine rings is 1. The second-order valence-corrected chi connectivity index (χ2v) is 5.75. The zero-order chi connectivity index (χ0) is 17.9. The number of benzene rings is 1. The molecule has 1 N–H and O–H groups in total. The average Bonchev–Trinajstić information content (AvgIpc) is 3.03. The maximum absolute atomic E-state index is 12.6. The van der Waals surface area contributed by atoms with E-state index < -0.39 is 0 Å². The van der Waals surface area contributed by atoms with Gasteiger partial charge in [0.2, 0.25) is 0 Å². The lowest BCUT2D eigenvalue weighted by Gasteiger charge is -2.06. The molecule has 1 amide bonds. The highest BCUT2D eigenvalue weighted by Gasteiger charge is 2.17. The van der Waals surface area contributed by atoms with Crippen molar-refractivity contribution in [2.45, 2.75) is 13.5 Å². The third-order valence-corrected chi connectivity index (χ3v) is 4.01. The Morgan fingerprint density at radius 1 is 1.04 bits per heavy atom. The quantitative estimate of drug-likeness (QED) is 0.609. The molecule has 26 heavy (non-hydrogen) atoms. The molecule has 0 unspecified atom stereocenters. The Kier molecular flexibility index (Phi) is 4.06. The lowest BCUT2D eigenvalue weighted by Crippen LogP contribution is -2.14. The Labute approximate surface area is 148 Å². The molecule has 4 aromatic rings. The molecule has 0 aliphatic rings. The number of nitrogens with zero attached hydrogens (tertiary/aromatic N) is 6. The Hall–Kier alpha value is -3.68. The summed E-state index contributed by atoms with van der Waals surface area (Å²) in [5.41, 5.74) is 4.13. The van der Waals surface area contributed by atoms with Crippen LogP contribution < -0.4 is 5.32 Å². The van der Waals surface area contributed by atoms with Crippen LogP contribution in [-0.2, 0) is 6.54 Å². The Bertz CT molecular complexity index is 1080. The van der Waals surface area contributed by atoms with Gasteiger partial charge >= 0.3 is 0 Å². The first kappa shape index (κ1) is 15.8. The van der Waals surface area contributed by atoms with E-state index in [1.54, 1.807) is 41.6 Å². The molecule has 1 aromatic carbocycles. The van der Waals surface area contributed by atoms with Gasteiger partial charge in [-0.15, -0.1) is 5.10 Å². The lowest BCUT2D eigenvalue weighted by atomic mass is 10.2. The van der Waals surface area contributed by atoms with Crippen molar-refractivity contribution in [3.63, 3.8) is 0 Å². The summed E-state index contributed by atoms with van der Waals surface area (Å²) in [5, 5.41) is 11.0. The molecule has 0 aliphatic heterocycles. The zero-order valence-electron chi connectivity index (χ0n) is 14.0. The molecule has 0 radical (unpaired) electrons. The van der Waals surface area contributed by atoms with E-state index in [-0.39, 0.29) is 5.91 Å². The summed E-state index contributed by atoms with van der Waals surface area (Å²) in [4.78, 5) is 25.0. The van der Waals surface area contributed by atoms with Gasteiger partial charge in [-0.1, -0.05) is 5.21 Å². The summed E-state index contributed by atoms with van der Waals surface area (Å²) in [6, 6.07) is 9.17. The Morgan fingerprint density at radius 2 is 1.81 bits per heavy atom. The second-order valence-electron chi connectivity index (χ2n) is 5.75. The van der Waals surface area contributed by atoms with Crippen LogP contribution in [0.3, 0.4) is 0 Å². The third kappa shape index (κ3) is 3.12. The topological polar surface area (TPSA) is 98.5 Å². The number of carbonyl (C=O) groups is 1. The van der Waals surface area contributed by atoms with Crippen molar-refractivity contribution in [2.75, 3.05) is 5.32 Å². The number of fused-ring (bicyclic) bond motifs is 1. The fourth-order valence-corrected chi connectivity index (χ4v) is 2.61. The molecular weight excluding hydrogens is 330 g/mol. The van der Waals surface area contributed by atoms with Crippen LogP contribution >= 0.6 is 0 Å². The second kappa shape index (κ2) is 6.67. The number of rotatable bonds is 4. The van der Waals surface area contributed by atoms with Crippen molar-refractivity contribution in [1.82, 2.24) is 29.9 Å². The number of amides is 1. The first-order valence-electron chi connectivity index (χ1n) is 8.02. The van der Waals surface area contributed by atoms with Gasteiger partial charge in [-0.05, 0) is 42.8 Å². The fourth-order valence-electron chi connectivity index (χ4n) is 2.61. The minimum Gasteiger partial charge on any atom is -0.320 e. The maximum atomic E-state index is 12.6. The SMILES string of the molecule is Cc1c(C(=O)Nc2ccc3nccnc3c2)nnn1Cc1ccncc1. The highest BCUT2D eigenvalue weighted by molar-refractivity contribution is 6.04. The lowest BCUT2D eigenvalue weighted by molar-refractivity contribution is 0.102. The third-order valence-electron chi connectivity index (χ3n) is 4.01. The number of hydrogen-bond acceptors (Lipinski definition) is 6. The van der Waals surface area contributed by atoms with Gasteiger partial charge in [0, 0.05) is 30.5 Å². The standard InChI is InChI=1S/C18H15N7O/c1-12-17(23-24-25(12)11-13-4-6-19-7-5-13)18(26)22-14-2-3-15-16(10-14)21-9-8-20-15/h2-10H,11H2,1H3,(H,22,26). The molecule has 0 saturated carbocycles. The smallest absolute Gasteiger partial charge is 0.278 e. The van der Waals surface area contributed by atoms with Gasteiger partial charge in [0.05, 0.1) is 23.3 Å². The van der Waals surface area contributed by atoms with Crippen LogP contribution in [0.15, 0.2) is 55.1 Å². The minimum absolute atomic E-state index is 0.290. The van der Waals surface area contributed by atoms with Crippen molar-refractivity contribution in [3.05, 3.63) is 72.1 Å². The van der Waals surface area contributed by atoms with Gasteiger partial charge < -0.3 is 5.32 Å². The van der Waals surface area contributed by atoms with Gasteiger partial charge in [-0.25, -0.2) is 4.68 Å². The molecule has 0 aliphatic carbocycles. The first-order chi connectivity index (χ1) is 12.7. The predicted octanol–water partition coefficient (Wildman–Crippen LogP) is 2.23. The molecule has 0 atom stereocenters. The fraction of sp³-hybridized carbons (Fsp3) is 0.111. The first-order valence-corrected chi connectivity index (χ1v) is 8.02. The van der Waals surface area contributed by atoms with Gasteiger partial charge in [-0.2, -0.15) is 0 Å². The number of nitrogens with one attached hydrogen (secondary N) is 1. The largest absolute Gasteiger partial charge is 0.320 e. The van der Waals surface area contributed by atoms with Crippen LogP contribution in [0.2, 0.25) is 0 Å². The van der Waals surface area contributed by atoms with Gasteiger partial charge in [-0.3, -0.25) is 19.7 Å². The summed E-state index contributed by atoms with van der Waals surface area (Å²) in [6.07, 6.45) is 6.68. The number of anilines is 1. The van der Waals surface area contributed by atoms with Crippen LogP contribution in [0.25, 0.3) is 11.0 Å². The molecule has 3 aromatic heterocycles. The van der Waals surface area contributed by atoms with Crippen LogP contribution in [0.4, 0.5) is 5.69 Å². The van der Waals surface area contributed by atoms with E-state index in [2.05, 4.69) is 30.6 Å². The monoisotopic (exact) mass is 345 g/mol. The molecule has 8 nitrogen and oxygen atoms in total. The average molecular weight is 345 g/mol. The van der Waals surface area contributed by atoms with Crippen molar-refractivity contribution in [3.8, 4) is 0 Å². The van der Waals surface area contributed by atoms with Crippen molar-refractivity contribution < 1.29 is 4.79 Å². The van der Waals surface area contributed by atoms with E-state index in [4.69, 9.17) is 0 Å². The zero-order valence-corrected chi connectivity index (χ0v) is 14.0. The summed E-state index contributed by atoms with van der Waals surface area (Å²) in [6.45, 7) is 2.35. The molecule has 0 bridgehead atoms. The number of aromatic nitrogens is 6. The van der Waals surface area contributed by atoms with E-state index in [0.29, 0.717) is 29.1 Å². The summed E-state index contributed by atoms with van der Waals surface area (Å²) in [5.74, 6) is -0.313. The van der Waals surface area contributed by atoms with Crippen molar-refractivity contribution in [2.24, 2.45) is 0 Å². The molecule has 8 heteroatoms. The van der Waals surface area contributed by atoms with Gasteiger partial charge in [0.25, 0.3) is 5.91 Å². The van der Waals surface area contributed by atoms with E-state index in [1.165, 1.54) is 0 Å². The number of carbonyl (C=O) groups excluding carboxylic acids is 1. The van der Waals surface area contributed by atoms with Crippen LogP contribution in [0.1, 0.15) is 21.7 Å². The van der Waals surface area contributed by atoms with Crippen molar-refractivity contribution in [1.29, 1.82) is 0 Å². The summed E-state index contributed by atoms with van der Waals surface area (Å²) in [7, 11) is 0. The minimum atomic E-state index is -0.313.